The van der Waals surface area contributed by atoms with Crippen LogP contribution in [0.4, 0.5) is 0 Å². The molecule has 0 aromatic carbocycles. The second kappa shape index (κ2) is 1.35. The number of hydrogen-bond donors (Lipinski definition) is 1. The Balaban J connectivity index is 2.37. The zero-order chi connectivity index (χ0) is 5.28. The van der Waals surface area contributed by atoms with Gasteiger partial charge in [-0.25, -0.2) is 0 Å². The lowest BCUT2D eigenvalue weighted by Gasteiger charge is -1.86. The van der Waals surface area contributed by atoms with Crippen molar-refractivity contribution in [3.8, 4) is 0 Å². The van der Waals surface area contributed by atoms with E-state index in [1.165, 1.54) is 6.26 Å². The van der Waals surface area contributed by atoms with E-state index in [0.717, 1.165) is 0 Å². The molecule has 1 rings (SSSR count). The van der Waals surface area contributed by atoms with Crippen LogP contribution in [-0.4, -0.2) is 17.5 Å². The molecule has 0 aliphatic carbocycles. The summed E-state index contributed by atoms with van der Waals surface area (Å²) in [5.41, 5.74) is 0. The summed E-state index contributed by atoms with van der Waals surface area (Å²) in [6, 6.07) is 0. The van der Waals surface area contributed by atoms with Gasteiger partial charge in [-0.05, 0) is 0 Å². The Morgan fingerprint density at radius 2 is 2.57 bits per heavy atom. The zero-order valence-electron chi connectivity index (χ0n) is 3.50. The third kappa shape index (κ3) is 0.778. The molecule has 0 aromatic rings. The number of carbonyl (C=O) groups excluding carboxylic acids is 1. The predicted molar refractivity (Wildman–Crippen MR) is 21.2 cm³/mol. The third-order valence-corrected chi connectivity index (χ3v) is 0.674. The number of aldehydes is 1. The van der Waals surface area contributed by atoms with Gasteiger partial charge in [0, 0.05) is 0 Å². The zero-order valence-corrected chi connectivity index (χ0v) is 3.50. The molecule has 0 saturated carbocycles. The maximum absolute atomic E-state index is 9.62. The molecule has 38 valence electrons. The lowest BCUT2D eigenvalue weighted by atomic mass is 10.4. The van der Waals surface area contributed by atoms with Crippen molar-refractivity contribution < 1.29 is 14.6 Å². The summed E-state index contributed by atoms with van der Waals surface area (Å²) in [6.45, 7) is 0. The summed E-state index contributed by atoms with van der Waals surface area (Å²) in [5.74, 6) is 0.356. The molecule has 1 heterocycles. The number of aliphatic hydroxyl groups excluding tert-OH is 1. The maximum atomic E-state index is 9.62. The molecular formula is C4H4O3. The molecule has 3 nitrogen and oxygen atoms in total. The summed E-state index contributed by atoms with van der Waals surface area (Å²) >= 11 is 0. The van der Waals surface area contributed by atoms with Gasteiger partial charge in [-0.3, -0.25) is 4.79 Å². The van der Waals surface area contributed by atoms with E-state index in [1.807, 2.05) is 0 Å². The Hall–Kier alpha value is -0.830. The van der Waals surface area contributed by atoms with Crippen molar-refractivity contribution in [3.63, 3.8) is 0 Å². The molecule has 0 saturated heterocycles. The SMILES string of the molecule is O=CC(O)C1=CO1. The molecule has 0 amide bonds. The van der Waals surface area contributed by atoms with E-state index >= 15 is 0 Å². The van der Waals surface area contributed by atoms with Gasteiger partial charge in [0.2, 0.25) is 0 Å². The molecule has 0 aromatic heterocycles. The maximum Gasteiger partial charge on any atom is 0.174 e. The molecule has 0 radical (unpaired) electrons. The van der Waals surface area contributed by atoms with Gasteiger partial charge >= 0.3 is 0 Å². The molecule has 7 heavy (non-hydrogen) atoms. The minimum atomic E-state index is -1.03. The minimum Gasteiger partial charge on any atom is -0.459 e. The Labute approximate surface area is 40.2 Å². The van der Waals surface area contributed by atoms with Crippen LogP contribution in [0.15, 0.2) is 12.0 Å². The molecule has 0 spiro atoms. The number of rotatable bonds is 2. The van der Waals surface area contributed by atoms with Gasteiger partial charge in [0.1, 0.15) is 6.26 Å². The molecule has 1 N–H and O–H groups in total. The fourth-order valence-corrected chi connectivity index (χ4v) is 0.241. The Kier molecular flexibility index (Phi) is 0.834. The van der Waals surface area contributed by atoms with E-state index in [1.54, 1.807) is 0 Å². The van der Waals surface area contributed by atoms with Crippen LogP contribution in [0, 0.1) is 0 Å². The lowest BCUT2D eigenvalue weighted by molar-refractivity contribution is -0.113. The van der Waals surface area contributed by atoms with E-state index in [0.29, 0.717) is 12.0 Å². The van der Waals surface area contributed by atoms with Crippen LogP contribution in [0.2, 0.25) is 0 Å². The smallest absolute Gasteiger partial charge is 0.174 e. The number of carbonyl (C=O) groups is 1. The summed E-state index contributed by atoms with van der Waals surface area (Å²) in [5, 5.41) is 8.44. The second-order valence-corrected chi connectivity index (χ2v) is 1.22. The predicted octanol–water partition coefficient (Wildman–Crippen LogP) is -0.582. The van der Waals surface area contributed by atoms with Crippen molar-refractivity contribution in [1.82, 2.24) is 0 Å². The highest BCUT2D eigenvalue weighted by Crippen LogP contribution is 2.15. The lowest BCUT2D eigenvalue weighted by Crippen LogP contribution is -2.04. The van der Waals surface area contributed by atoms with Gasteiger partial charge in [0.15, 0.2) is 18.1 Å². The van der Waals surface area contributed by atoms with Crippen molar-refractivity contribution in [2.24, 2.45) is 0 Å². The van der Waals surface area contributed by atoms with Crippen LogP contribution in [-0.2, 0) is 9.53 Å². The average molecular weight is 100 g/mol. The first-order valence-electron chi connectivity index (χ1n) is 1.84. The monoisotopic (exact) mass is 100 g/mol. The third-order valence-electron chi connectivity index (χ3n) is 0.674. The van der Waals surface area contributed by atoms with Crippen LogP contribution in [0.1, 0.15) is 0 Å². The minimum absolute atomic E-state index is 0.356. The average Bonchev–Trinajstić information content (AvgIpc) is 2.44. The molecule has 0 fully saturated rings. The highest BCUT2D eigenvalue weighted by atomic mass is 16.6. The summed E-state index contributed by atoms with van der Waals surface area (Å²) in [4.78, 5) is 9.62. The number of aliphatic hydroxyl groups is 1. The molecule has 1 aliphatic rings. The molecule has 3 heteroatoms. The Morgan fingerprint density at radius 1 is 2.00 bits per heavy atom. The highest BCUT2D eigenvalue weighted by molar-refractivity contribution is 5.61. The van der Waals surface area contributed by atoms with E-state index in [9.17, 15) is 4.79 Å². The van der Waals surface area contributed by atoms with Gasteiger partial charge in [-0.15, -0.1) is 0 Å². The van der Waals surface area contributed by atoms with E-state index in [4.69, 9.17) is 5.11 Å². The van der Waals surface area contributed by atoms with E-state index in [2.05, 4.69) is 4.74 Å². The Morgan fingerprint density at radius 3 is 2.71 bits per heavy atom. The van der Waals surface area contributed by atoms with Gasteiger partial charge < -0.3 is 9.84 Å². The van der Waals surface area contributed by atoms with Crippen LogP contribution in [0.3, 0.4) is 0 Å². The van der Waals surface area contributed by atoms with Crippen molar-refractivity contribution in [2.75, 3.05) is 0 Å². The first-order valence-corrected chi connectivity index (χ1v) is 1.84. The number of ether oxygens (including phenoxy) is 1. The van der Waals surface area contributed by atoms with Crippen LogP contribution in [0.5, 0.6) is 0 Å². The molecule has 0 bridgehead atoms. The summed E-state index contributed by atoms with van der Waals surface area (Å²) in [7, 11) is 0. The quantitative estimate of drug-likeness (QED) is 0.472. The highest BCUT2D eigenvalue weighted by Gasteiger charge is 2.19. The normalized spacial score (nSPS) is 19.3. The fraction of sp³-hybridized carbons (Fsp3) is 0.250. The van der Waals surface area contributed by atoms with Crippen molar-refractivity contribution in [1.29, 1.82) is 0 Å². The summed E-state index contributed by atoms with van der Waals surface area (Å²) in [6.07, 6.45) is 0.720. The number of hydrogen-bond acceptors (Lipinski definition) is 3. The van der Waals surface area contributed by atoms with Gasteiger partial charge in [0.25, 0.3) is 0 Å². The Bertz CT molecular complexity index is 116. The van der Waals surface area contributed by atoms with Crippen molar-refractivity contribution in [3.05, 3.63) is 12.0 Å². The molecule has 1 aliphatic heterocycles. The van der Waals surface area contributed by atoms with Gasteiger partial charge in [0.05, 0.1) is 0 Å². The molecular weight excluding hydrogens is 96.0 g/mol. The van der Waals surface area contributed by atoms with Gasteiger partial charge in [-0.1, -0.05) is 0 Å². The second-order valence-electron chi connectivity index (χ2n) is 1.22. The summed E-state index contributed by atoms with van der Waals surface area (Å²) < 4.78 is 4.37. The fourth-order valence-electron chi connectivity index (χ4n) is 0.241. The standard InChI is InChI=1S/C4H4O3/c5-1-3(6)4-2-7-4/h1-3,6H. The molecule has 1 atom stereocenters. The van der Waals surface area contributed by atoms with E-state index < -0.39 is 6.10 Å². The van der Waals surface area contributed by atoms with E-state index in [-0.39, 0.29) is 0 Å². The van der Waals surface area contributed by atoms with Crippen molar-refractivity contribution in [2.45, 2.75) is 6.10 Å². The molecule has 1 unspecified atom stereocenters. The van der Waals surface area contributed by atoms with Crippen molar-refractivity contribution >= 4 is 6.29 Å². The first kappa shape index (κ1) is 4.33. The van der Waals surface area contributed by atoms with Crippen LogP contribution >= 0.6 is 0 Å². The topological polar surface area (TPSA) is 49.8 Å². The first-order chi connectivity index (χ1) is 3.34. The van der Waals surface area contributed by atoms with Crippen LogP contribution in [0.25, 0.3) is 0 Å². The van der Waals surface area contributed by atoms with Crippen LogP contribution < -0.4 is 0 Å². The largest absolute Gasteiger partial charge is 0.459 e. The van der Waals surface area contributed by atoms with Gasteiger partial charge in [-0.2, -0.15) is 0 Å².